The Morgan fingerprint density at radius 2 is 1.09 bits per heavy atom. The maximum atomic E-state index is 12.7. The summed E-state index contributed by atoms with van der Waals surface area (Å²) in [5, 5.41) is 40.0. The van der Waals surface area contributed by atoms with Crippen molar-refractivity contribution in [2.45, 2.75) is 179 Å². The van der Waals surface area contributed by atoms with Gasteiger partial charge in [0.2, 0.25) is 0 Å². The second-order valence-electron chi connectivity index (χ2n) is 14.4. The van der Waals surface area contributed by atoms with Crippen LogP contribution in [0.4, 0.5) is 0 Å². The number of allylic oxidation sites excluding steroid dienone is 14. The number of unbranched alkanes of at least 4 members (excludes halogenated alkanes) is 10. The van der Waals surface area contributed by atoms with Crippen LogP contribution in [0.25, 0.3) is 0 Å². The van der Waals surface area contributed by atoms with Gasteiger partial charge in [-0.1, -0.05) is 150 Å². The lowest BCUT2D eigenvalue weighted by molar-refractivity contribution is -0.305. The summed E-state index contributed by atoms with van der Waals surface area (Å²) in [6, 6.07) is 0. The zero-order chi connectivity index (χ0) is 40.7. The fraction of sp³-hybridized carbons (Fsp3) is 0.681. The average Bonchev–Trinajstić information content (AvgIpc) is 3.20. The molecule has 1 fully saturated rings. The lowest BCUT2D eigenvalue weighted by Crippen LogP contribution is -2.59. The fourth-order valence-electron chi connectivity index (χ4n) is 5.94. The van der Waals surface area contributed by atoms with E-state index >= 15 is 0 Å². The first-order chi connectivity index (χ1) is 27.4. The molecule has 0 aromatic carbocycles. The summed E-state index contributed by atoms with van der Waals surface area (Å²) < 4.78 is 22.6. The van der Waals surface area contributed by atoms with Crippen LogP contribution in [-0.4, -0.2) is 89.6 Å². The monoisotopic (exact) mass is 787 g/mol. The molecule has 0 amide bonds. The number of hydrogen-bond acceptors (Lipinski definition) is 9. The number of hydrogen-bond donors (Lipinski definition) is 4. The van der Waals surface area contributed by atoms with Crippen LogP contribution in [0.1, 0.15) is 142 Å². The topological polar surface area (TPSA) is 135 Å². The van der Waals surface area contributed by atoms with E-state index < -0.39 is 43.4 Å². The minimum Gasteiger partial charge on any atom is -0.457 e. The first-order valence-electron chi connectivity index (χ1n) is 21.7. The van der Waals surface area contributed by atoms with E-state index in [0.29, 0.717) is 13.0 Å². The molecule has 1 heterocycles. The maximum absolute atomic E-state index is 12.7. The third-order valence-electron chi connectivity index (χ3n) is 9.33. The van der Waals surface area contributed by atoms with Crippen LogP contribution in [0.5, 0.6) is 0 Å². The number of esters is 1. The second-order valence-corrected chi connectivity index (χ2v) is 14.4. The van der Waals surface area contributed by atoms with E-state index in [4.69, 9.17) is 18.9 Å². The molecule has 1 aliphatic heterocycles. The Bertz CT molecular complexity index is 1120. The Hall–Kier alpha value is -2.63. The van der Waals surface area contributed by atoms with Crippen LogP contribution in [-0.2, 0) is 23.7 Å². The number of aliphatic hydroxyl groups excluding tert-OH is 4. The molecule has 1 saturated heterocycles. The highest BCUT2D eigenvalue weighted by atomic mass is 16.7. The lowest BCUT2D eigenvalue weighted by atomic mass is 9.99. The summed E-state index contributed by atoms with van der Waals surface area (Å²) >= 11 is 0. The van der Waals surface area contributed by atoms with Gasteiger partial charge in [0.15, 0.2) is 6.29 Å². The van der Waals surface area contributed by atoms with Crippen molar-refractivity contribution in [2.24, 2.45) is 0 Å². The third-order valence-corrected chi connectivity index (χ3v) is 9.33. The zero-order valence-corrected chi connectivity index (χ0v) is 34.8. The van der Waals surface area contributed by atoms with Gasteiger partial charge in [0, 0.05) is 13.0 Å². The molecule has 0 bridgehead atoms. The molecule has 0 aliphatic carbocycles. The SMILES string of the molecule is CC/C=C\C/C=C\C/C=C\C/C=C\C/C=C\C/C=C\C/C=C\CCCCCC(=O)OC(COCCCCCCCCCC)COC1OC(CO)C(O)C(O)C1O. The lowest BCUT2D eigenvalue weighted by Gasteiger charge is -2.39. The average molecular weight is 787 g/mol. The van der Waals surface area contributed by atoms with Crippen molar-refractivity contribution < 1.29 is 44.2 Å². The Labute approximate surface area is 339 Å². The molecule has 9 nitrogen and oxygen atoms in total. The Morgan fingerprint density at radius 1 is 0.589 bits per heavy atom. The molecule has 1 aliphatic rings. The highest BCUT2D eigenvalue weighted by molar-refractivity contribution is 5.69. The maximum Gasteiger partial charge on any atom is 0.306 e. The summed E-state index contributed by atoms with van der Waals surface area (Å²) in [7, 11) is 0. The van der Waals surface area contributed by atoms with Gasteiger partial charge in [-0.25, -0.2) is 0 Å². The van der Waals surface area contributed by atoms with Crippen molar-refractivity contribution in [3.05, 3.63) is 85.1 Å². The fourth-order valence-corrected chi connectivity index (χ4v) is 5.94. The van der Waals surface area contributed by atoms with Gasteiger partial charge >= 0.3 is 5.97 Å². The molecule has 1 rings (SSSR count). The normalized spacial score (nSPS) is 21.4. The molecular formula is C47H78O9. The van der Waals surface area contributed by atoms with E-state index in [2.05, 4.69) is 98.9 Å². The minimum atomic E-state index is -1.54. The molecule has 6 atom stereocenters. The van der Waals surface area contributed by atoms with Gasteiger partial charge in [-0.2, -0.15) is 0 Å². The molecule has 0 aromatic rings. The number of carbonyl (C=O) groups is 1. The van der Waals surface area contributed by atoms with Crippen molar-refractivity contribution >= 4 is 5.97 Å². The van der Waals surface area contributed by atoms with Gasteiger partial charge in [0.25, 0.3) is 0 Å². The van der Waals surface area contributed by atoms with Crippen molar-refractivity contribution in [3.8, 4) is 0 Å². The van der Waals surface area contributed by atoms with Crippen molar-refractivity contribution in [1.29, 1.82) is 0 Å². The summed E-state index contributed by atoms with van der Waals surface area (Å²) in [4.78, 5) is 12.7. The Morgan fingerprint density at radius 3 is 1.62 bits per heavy atom. The second kappa shape index (κ2) is 37.9. The molecule has 320 valence electrons. The van der Waals surface area contributed by atoms with Gasteiger partial charge in [-0.05, 0) is 70.6 Å². The van der Waals surface area contributed by atoms with Gasteiger partial charge in [0.1, 0.15) is 30.5 Å². The minimum absolute atomic E-state index is 0.126. The van der Waals surface area contributed by atoms with Gasteiger partial charge < -0.3 is 39.4 Å². The molecule has 4 N–H and O–H groups in total. The number of rotatable bonds is 35. The largest absolute Gasteiger partial charge is 0.457 e. The number of carbonyl (C=O) groups excluding carboxylic acids is 1. The smallest absolute Gasteiger partial charge is 0.306 e. The molecule has 9 heteroatoms. The van der Waals surface area contributed by atoms with Gasteiger partial charge in [-0.3, -0.25) is 4.79 Å². The number of aliphatic hydroxyl groups is 4. The predicted molar refractivity (Wildman–Crippen MR) is 228 cm³/mol. The molecule has 56 heavy (non-hydrogen) atoms. The highest BCUT2D eigenvalue weighted by Crippen LogP contribution is 2.22. The molecule has 0 saturated carbocycles. The van der Waals surface area contributed by atoms with Gasteiger partial charge in [-0.15, -0.1) is 0 Å². The van der Waals surface area contributed by atoms with Crippen LogP contribution in [0.3, 0.4) is 0 Å². The van der Waals surface area contributed by atoms with E-state index in [1.807, 2.05) is 0 Å². The van der Waals surface area contributed by atoms with E-state index in [9.17, 15) is 25.2 Å². The summed E-state index contributed by atoms with van der Waals surface area (Å²) in [6.45, 7) is 4.35. The van der Waals surface area contributed by atoms with Crippen LogP contribution in [0.15, 0.2) is 85.1 Å². The first-order valence-corrected chi connectivity index (χ1v) is 21.7. The predicted octanol–water partition coefficient (Wildman–Crippen LogP) is 9.47. The third kappa shape index (κ3) is 28.7. The quantitative estimate of drug-likeness (QED) is 0.0282. The van der Waals surface area contributed by atoms with Crippen LogP contribution >= 0.6 is 0 Å². The summed E-state index contributed by atoms with van der Waals surface area (Å²) in [5.74, 6) is -0.351. The number of ether oxygens (including phenoxy) is 4. The van der Waals surface area contributed by atoms with Crippen molar-refractivity contribution in [2.75, 3.05) is 26.4 Å². The van der Waals surface area contributed by atoms with Crippen LogP contribution < -0.4 is 0 Å². The molecule has 0 aromatic heterocycles. The molecule has 0 spiro atoms. The standard InChI is InChI=1S/C47H78O9/c1-3-5-7-9-11-13-14-15-16-17-18-19-20-21-22-23-24-25-26-27-28-29-30-32-34-36-43(49)55-41(39-53-37-35-33-31-12-10-8-6-4-2)40-54-47-46(52)45(51)44(50)42(38-48)56-47/h5,7,11,13,15-16,18-19,21-22,24-25,27-28,41-42,44-48,50-52H,3-4,6,8-10,12,14,17,20,23,26,29-40H2,1-2H3/b7-5-,13-11-,16-15-,19-18-,22-21-,25-24-,28-27-. The van der Waals surface area contributed by atoms with Gasteiger partial charge in [0.05, 0.1) is 19.8 Å². The van der Waals surface area contributed by atoms with Crippen LogP contribution in [0.2, 0.25) is 0 Å². The molecule has 6 unspecified atom stereocenters. The van der Waals surface area contributed by atoms with E-state index in [0.717, 1.165) is 77.0 Å². The first kappa shape index (κ1) is 51.4. The van der Waals surface area contributed by atoms with Crippen molar-refractivity contribution in [3.63, 3.8) is 0 Å². The zero-order valence-electron chi connectivity index (χ0n) is 34.8. The highest BCUT2D eigenvalue weighted by Gasteiger charge is 2.44. The molecule has 0 radical (unpaired) electrons. The van der Waals surface area contributed by atoms with Crippen molar-refractivity contribution in [1.82, 2.24) is 0 Å². The summed E-state index contributed by atoms with van der Waals surface area (Å²) in [5.41, 5.74) is 0. The van der Waals surface area contributed by atoms with Crippen LogP contribution in [0, 0.1) is 0 Å². The van der Waals surface area contributed by atoms with E-state index in [-0.39, 0.29) is 25.6 Å². The Kier molecular flexibility index (Phi) is 34.8. The summed E-state index contributed by atoms with van der Waals surface area (Å²) in [6.07, 6.45) is 43.3. The van der Waals surface area contributed by atoms with E-state index in [1.54, 1.807) is 0 Å². The van der Waals surface area contributed by atoms with E-state index in [1.165, 1.54) is 38.5 Å². The Balaban J connectivity index is 2.26. The molecular weight excluding hydrogens is 709 g/mol.